The number of nitrogens with two attached hydrogens (primary N) is 1. The van der Waals surface area contributed by atoms with Gasteiger partial charge in [0.25, 0.3) is 0 Å². The van der Waals surface area contributed by atoms with Crippen LogP contribution in [0.15, 0.2) is 24.4 Å². The van der Waals surface area contributed by atoms with Crippen LogP contribution in [-0.2, 0) is 9.31 Å². The van der Waals surface area contributed by atoms with E-state index in [4.69, 9.17) is 15.0 Å². The molecule has 1 aliphatic heterocycles. The molecule has 1 saturated heterocycles. The van der Waals surface area contributed by atoms with Crippen molar-refractivity contribution >= 4 is 29.4 Å². The first-order valence-corrected chi connectivity index (χ1v) is 6.66. The zero-order valence-corrected chi connectivity index (χ0v) is 12.2. The Hall–Kier alpha value is -1.66. The second-order valence-electron chi connectivity index (χ2n) is 6.13. The third-order valence-electron chi connectivity index (χ3n) is 4.11. The Morgan fingerprint density at radius 1 is 1.05 bits per heavy atom. The topological polar surface area (TPSA) is 70.3 Å². The van der Waals surface area contributed by atoms with Gasteiger partial charge in [-0.2, -0.15) is 0 Å². The highest BCUT2D eigenvalue weighted by atomic mass is 16.7. The minimum Gasteiger partial charge on any atom is -0.399 e. The molecule has 0 amide bonds. The molecule has 2 aromatic rings. The highest BCUT2D eigenvalue weighted by Gasteiger charge is 2.51. The Kier molecular flexibility index (Phi) is 2.78. The quantitative estimate of drug-likeness (QED) is 0.796. The summed E-state index contributed by atoms with van der Waals surface area (Å²) < 4.78 is 12.0. The van der Waals surface area contributed by atoms with Gasteiger partial charge in [-0.3, -0.25) is 4.98 Å². The predicted molar refractivity (Wildman–Crippen MR) is 79.7 cm³/mol. The Balaban J connectivity index is 2.00. The largest absolute Gasteiger partial charge is 0.496 e. The third-order valence-corrected chi connectivity index (χ3v) is 4.11. The maximum absolute atomic E-state index is 6.01. The minimum atomic E-state index is -0.430. The number of aromatic nitrogens is 2. The lowest BCUT2D eigenvalue weighted by molar-refractivity contribution is 0.00578. The summed E-state index contributed by atoms with van der Waals surface area (Å²) in [7, 11) is -0.430. The standard InChI is InChI=1S/C14H18BN3O2/c1-13(2)14(3,4)20-15(19-13)9-7-11-10(17-8-9)5-6-12(16)18-11/h5-8H,1-4H3,(H2,16,18). The van der Waals surface area contributed by atoms with Crippen LogP contribution in [0.3, 0.4) is 0 Å². The number of pyridine rings is 2. The maximum atomic E-state index is 6.01. The van der Waals surface area contributed by atoms with E-state index in [-0.39, 0.29) is 11.2 Å². The number of nitrogen functional groups attached to an aromatic ring is 1. The summed E-state index contributed by atoms with van der Waals surface area (Å²) in [6.45, 7) is 8.10. The third kappa shape index (κ3) is 2.05. The van der Waals surface area contributed by atoms with Crippen LogP contribution in [0.5, 0.6) is 0 Å². The van der Waals surface area contributed by atoms with Gasteiger partial charge in [0.05, 0.1) is 22.2 Å². The maximum Gasteiger partial charge on any atom is 0.496 e. The zero-order valence-electron chi connectivity index (χ0n) is 12.2. The van der Waals surface area contributed by atoms with E-state index in [1.165, 1.54) is 0 Å². The molecule has 0 atom stereocenters. The normalized spacial score (nSPS) is 20.5. The summed E-state index contributed by atoms with van der Waals surface area (Å²) >= 11 is 0. The summed E-state index contributed by atoms with van der Waals surface area (Å²) in [5, 5.41) is 0. The average molecular weight is 271 g/mol. The van der Waals surface area contributed by atoms with Crippen LogP contribution in [0.4, 0.5) is 5.82 Å². The van der Waals surface area contributed by atoms with Crippen molar-refractivity contribution in [2.75, 3.05) is 5.73 Å². The molecular formula is C14H18BN3O2. The van der Waals surface area contributed by atoms with Crippen molar-refractivity contribution in [2.24, 2.45) is 0 Å². The Morgan fingerprint density at radius 3 is 2.35 bits per heavy atom. The monoisotopic (exact) mass is 271 g/mol. The van der Waals surface area contributed by atoms with Gasteiger partial charge in [0.2, 0.25) is 0 Å². The molecule has 5 nitrogen and oxygen atoms in total. The minimum absolute atomic E-state index is 0.365. The first-order chi connectivity index (χ1) is 9.28. The molecule has 0 bridgehead atoms. The van der Waals surface area contributed by atoms with Crippen molar-refractivity contribution in [2.45, 2.75) is 38.9 Å². The van der Waals surface area contributed by atoms with Crippen LogP contribution >= 0.6 is 0 Å². The van der Waals surface area contributed by atoms with Gasteiger partial charge in [-0.25, -0.2) is 4.98 Å². The molecule has 2 aromatic heterocycles. The summed E-state index contributed by atoms with van der Waals surface area (Å²) in [5.74, 6) is 0.477. The SMILES string of the molecule is CC1(C)OB(c2cnc3ccc(N)nc3c2)OC1(C)C. The van der Waals surface area contributed by atoms with Crippen LogP contribution in [0.2, 0.25) is 0 Å². The predicted octanol–water partition coefficient (Wildman–Crippen LogP) is 1.51. The van der Waals surface area contributed by atoms with Crippen molar-refractivity contribution < 1.29 is 9.31 Å². The first kappa shape index (κ1) is 13.3. The Labute approximate surface area is 118 Å². The number of fused-ring (bicyclic) bond motifs is 1. The van der Waals surface area contributed by atoms with Crippen molar-refractivity contribution in [3.05, 3.63) is 24.4 Å². The zero-order chi connectivity index (χ0) is 14.5. The lowest BCUT2D eigenvalue weighted by Gasteiger charge is -2.32. The lowest BCUT2D eigenvalue weighted by atomic mass is 9.80. The smallest absolute Gasteiger partial charge is 0.399 e. The molecule has 0 spiro atoms. The van der Waals surface area contributed by atoms with E-state index in [9.17, 15) is 0 Å². The van der Waals surface area contributed by atoms with Gasteiger partial charge in [0, 0.05) is 11.7 Å². The molecule has 3 heterocycles. The summed E-state index contributed by atoms with van der Waals surface area (Å²) in [6, 6.07) is 5.51. The summed E-state index contributed by atoms with van der Waals surface area (Å²) in [4.78, 5) is 8.67. The molecule has 6 heteroatoms. The molecule has 0 aliphatic carbocycles. The molecule has 0 unspecified atom stereocenters. The number of hydrogen-bond donors (Lipinski definition) is 1. The Bertz CT molecular complexity index is 657. The number of anilines is 1. The van der Waals surface area contributed by atoms with E-state index in [0.29, 0.717) is 5.82 Å². The van der Waals surface area contributed by atoms with E-state index < -0.39 is 7.12 Å². The van der Waals surface area contributed by atoms with E-state index in [1.54, 1.807) is 12.3 Å². The lowest BCUT2D eigenvalue weighted by Crippen LogP contribution is -2.41. The van der Waals surface area contributed by atoms with Crippen LogP contribution in [0.25, 0.3) is 11.0 Å². The van der Waals surface area contributed by atoms with Crippen molar-refractivity contribution in [1.29, 1.82) is 0 Å². The van der Waals surface area contributed by atoms with Gasteiger partial charge < -0.3 is 15.0 Å². The van der Waals surface area contributed by atoms with Gasteiger partial charge in [-0.15, -0.1) is 0 Å². The molecule has 2 N–H and O–H groups in total. The fourth-order valence-electron chi connectivity index (χ4n) is 2.15. The van der Waals surface area contributed by atoms with E-state index in [2.05, 4.69) is 9.97 Å². The molecule has 1 aliphatic rings. The van der Waals surface area contributed by atoms with Crippen LogP contribution in [-0.4, -0.2) is 28.3 Å². The number of rotatable bonds is 1. The second kappa shape index (κ2) is 4.17. The highest BCUT2D eigenvalue weighted by Crippen LogP contribution is 2.36. The van der Waals surface area contributed by atoms with Crippen LogP contribution in [0, 0.1) is 0 Å². The molecule has 0 aromatic carbocycles. The van der Waals surface area contributed by atoms with Crippen molar-refractivity contribution in [1.82, 2.24) is 9.97 Å². The van der Waals surface area contributed by atoms with Gasteiger partial charge in [-0.1, -0.05) is 0 Å². The fourth-order valence-corrected chi connectivity index (χ4v) is 2.15. The van der Waals surface area contributed by atoms with Crippen LogP contribution in [0.1, 0.15) is 27.7 Å². The van der Waals surface area contributed by atoms with Gasteiger partial charge in [-0.05, 0) is 45.9 Å². The molecule has 1 fully saturated rings. The molecular weight excluding hydrogens is 253 g/mol. The fraction of sp³-hybridized carbons (Fsp3) is 0.429. The first-order valence-electron chi connectivity index (χ1n) is 6.66. The van der Waals surface area contributed by atoms with E-state index in [0.717, 1.165) is 16.5 Å². The molecule has 0 saturated carbocycles. The second-order valence-corrected chi connectivity index (χ2v) is 6.13. The highest BCUT2D eigenvalue weighted by molar-refractivity contribution is 6.62. The Morgan fingerprint density at radius 2 is 1.70 bits per heavy atom. The number of hydrogen-bond acceptors (Lipinski definition) is 5. The van der Waals surface area contributed by atoms with Gasteiger partial charge >= 0.3 is 7.12 Å². The summed E-state index contributed by atoms with van der Waals surface area (Å²) in [5.41, 5.74) is 7.39. The summed E-state index contributed by atoms with van der Waals surface area (Å²) in [6.07, 6.45) is 1.77. The van der Waals surface area contributed by atoms with Gasteiger partial charge in [0.15, 0.2) is 0 Å². The van der Waals surface area contributed by atoms with Crippen molar-refractivity contribution in [3.8, 4) is 0 Å². The molecule has 3 rings (SSSR count). The molecule has 20 heavy (non-hydrogen) atoms. The molecule has 104 valence electrons. The number of nitrogens with zero attached hydrogens (tertiary/aromatic N) is 2. The van der Waals surface area contributed by atoms with Gasteiger partial charge in [0.1, 0.15) is 5.82 Å². The van der Waals surface area contributed by atoms with Crippen LogP contribution < -0.4 is 11.2 Å². The van der Waals surface area contributed by atoms with Crippen molar-refractivity contribution in [3.63, 3.8) is 0 Å². The van der Waals surface area contributed by atoms with E-state index in [1.807, 2.05) is 39.8 Å². The molecule has 0 radical (unpaired) electrons. The average Bonchev–Trinajstić information content (AvgIpc) is 2.57. The van der Waals surface area contributed by atoms with E-state index >= 15 is 0 Å².